The van der Waals surface area contributed by atoms with Gasteiger partial charge in [0.1, 0.15) is 0 Å². The molecule has 0 amide bonds. The number of imidazole rings is 1. The fourth-order valence-corrected chi connectivity index (χ4v) is 3.26. The first-order valence-electron chi connectivity index (χ1n) is 6.05. The summed E-state index contributed by atoms with van der Waals surface area (Å²) in [6, 6.07) is 0. The zero-order chi connectivity index (χ0) is 10.5. The molecule has 0 aromatic carbocycles. The van der Waals surface area contributed by atoms with Gasteiger partial charge in [0.2, 0.25) is 0 Å². The number of fused-ring (bicyclic) bond motifs is 1. The predicted octanol–water partition coefficient (Wildman–Crippen LogP) is 1.82. The summed E-state index contributed by atoms with van der Waals surface area (Å²) < 4.78 is 0. The van der Waals surface area contributed by atoms with Gasteiger partial charge in [-0.3, -0.25) is 0 Å². The van der Waals surface area contributed by atoms with Crippen LogP contribution in [0.25, 0.3) is 0 Å². The van der Waals surface area contributed by atoms with Crippen LogP contribution in [0.3, 0.4) is 0 Å². The average Bonchev–Trinajstić information content (AvgIpc) is 2.81. The van der Waals surface area contributed by atoms with Crippen molar-refractivity contribution in [3.63, 3.8) is 0 Å². The molecule has 2 heterocycles. The third-order valence-electron chi connectivity index (χ3n) is 4.26. The Labute approximate surface area is 90.7 Å². The van der Waals surface area contributed by atoms with Gasteiger partial charge in [0, 0.05) is 18.7 Å². The third-order valence-corrected chi connectivity index (χ3v) is 4.26. The van der Waals surface area contributed by atoms with E-state index >= 15 is 0 Å². The van der Waals surface area contributed by atoms with Crippen LogP contribution in [0, 0.1) is 11.8 Å². The van der Waals surface area contributed by atoms with Crippen LogP contribution in [0.4, 0.5) is 0 Å². The summed E-state index contributed by atoms with van der Waals surface area (Å²) in [6.07, 6.45) is 5.46. The monoisotopic (exact) mass is 205 g/mol. The minimum atomic E-state index is 0.174. The highest BCUT2D eigenvalue weighted by atomic mass is 15.1. The first kappa shape index (κ1) is 9.40. The second-order valence-corrected chi connectivity index (χ2v) is 5.05. The molecule has 1 aromatic heterocycles. The smallest absolute Gasteiger partial charge is 0.0926 e. The molecular formula is C12H19N3. The van der Waals surface area contributed by atoms with E-state index in [0.29, 0.717) is 0 Å². The van der Waals surface area contributed by atoms with Crippen LogP contribution in [-0.2, 0) is 12.0 Å². The Morgan fingerprint density at radius 3 is 3.07 bits per heavy atom. The van der Waals surface area contributed by atoms with Crippen LogP contribution in [0.5, 0.6) is 0 Å². The van der Waals surface area contributed by atoms with Crippen molar-refractivity contribution >= 4 is 0 Å². The second kappa shape index (κ2) is 3.08. The number of hydrogen-bond donors (Lipinski definition) is 2. The van der Waals surface area contributed by atoms with Crippen LogP contribution >= 0.6 is 0 Å². The maximum absolute atomic E-state index is 4.56. The van der Waals surface area contributed by atoms with E-state index in [1.165, 1.54) is 17.8 Å². The molecule has 1 aromatic rings. The van der Waals surface area contributed by atoms with E-state index in [9.17, 15) is 0 Å². The number of nitrogens with zero attached hydrogens (tertiary/aromatic N) is 1. The largest absolute Gasteiger partial charge is 0.348 e. The lowest BCUT2D eigenvalue weighted by molar-refractivity contribution is 0.244. The van der Waals surface area contributed by atoms with Crippen LogP contribution < -0.4 is 5.32 Å². The molecule has 3 rings (SSSR count). The van der Waals surface area contributed by atoms with Crippen LogP contribution in [0.15, 0.2) is 6.33 Å². The lowest BCUT2D eigenvalue weighted by Crippen LogP contribution is -2.49. The number of aromatic nitrogens is 2. The minimum absolute atomic E-state index is 0.174. The van der Waals surface area contributed by atoms with Crippen molar-refractivity contribution in [3.05, 3.63) is 17.7 Å². The topological polar surface area (TPSA) is 40.7 Å². The van der Waals surface area contributed by atoms with E-state index in [-0.39, 0.29) is 5.54 Å². The number of hydrogen-bond acceptors (Lipinski definition) is 2. The summed E-state index contributed by atoms with van der Waals surface area (Å²) in [5.74, 6) is 1.66. The quantitative estimate of drug-likeness (QED) is 0.773. The van der Waals surface area contributed by atoms with Gasteiger partial charge in [0.15, 0.2) is 0 Å². The van der Waals surface area contributed by atoms with Gasteiger partial charge in [-0.2, -0.15) is 0 Å². The zero-order valence-corrected chi connectivity index (χ0v) is 9.51. The standard InChI is InChI=1S/C12H19N3/c1-3-12(9-6-8(9)2)11-10(4-5-15-12)13-7-14-11/h7-9,15H,3-6H2,1-2H3,(H,13,14). The Hall–Kier alpha value is -0.830. The first-order chi connectivity index (χ1) is 7.28. The summed E-state index contributed by atoms with van der Waals surface area (Å²) in [4.78, 5) is 7.85. The fraction of sp³-hybridized carbons (Fsp3) is 0.750. The van der Waals surface area contributed by atoms with Gasteiger partial charge in [0.25, 0.3) is 0 Å². The molecule has 3 heteroatoms. The Kier molecular flexibility index (Phi) is 1.93. The molecule has 3 atom stereocenters. The van der Waals surface area contributed by atoms with Gasteiger partial charge in [-0.15, -0.1) is 0 Å². The summed E-state index contributed by atoms with van der Waals surface area (Å²) in [7, 11) is 0. The van der Waals surface area contributed by atoms with Crippen molar-refractivity contribution in [1.29, 1.82) is 0 Å². The van der Waals surface area contributed by atoms with Crippen molar-refractivity contribution in [2.75, 3.05) is 6.54 Å². The Bertz CT molecular complexity index is 371. The minimum Gasteiger partial charge on any atom is -0.348 e. The van der Waals surface area contributed by atoms with E-state index < -0.39 is 0 Å². The van der Waals surface area contributed by atoms with Crippen molar-refractivity contribution in [3.8, 4) is 0 Å². The van der Waals surface area contributed by atoms with Gasteiger partial charge in [-0.05, 0) is 24.7 Å². The summed E-state index contributed by atoms with van der Waals surface area (Å²) in [5.41, 5.74) is 2.83. The summed E-state index contributed by atoms with van der Waals surface area (Å²) >= 11 is 0. The van der Waals surface area contributed by atoms with E-state index in [4.69, 9.17) is 0 Å². The molecule has 15 heavy (non-hydrogen) atoms. The zero-order valence-electron chi connectivity index (χ0n) is 9.51. The first-order valence-corrected chi connectivity index (χ1v) is 6.05. The molecule has 1 aliphatic carbocycles. The summed E-state index contributed by atoms with van der Waals surface area (Å²) in [5, 5.41) is 3.73. The van der Waals surface area contributed by atoms with E-state index in [2.05, 4.69) is 29.1 Å². The fourth-order valence-electron chi connectivity index (χ4n) is 3.26. The molecule has 3 nitrogen and oxygen atoms in total. The maximum atomic E-state index is 4.56. The molecule has 0 saturated heterocycles. The van der Waals surface area contributed by atoms with E-state index in [1.54, 1.807) is 0 Å². The molecule has 2 aliphatic rings. The van der Waals surface area contributed by atoms with E-state index in [1.807, 2.05) is 6.33 Å². The molecule has 0 bridgehead atoms. The van der Waals surface area contributed by atoms with Crippen molar-refractivity contribution < 1.29 is 0 Å². The van der Waals surface area contributed by atoms with Crippen molar-refractivity contribution in [1.82, 2.24) is 15.3 Å². The molecule has 1 saturated carbocycles. The van der Waals surface area contributed by atoms with Crippen molar-refractivity contribution in [2.24, 2.45) is 11.8 Å². The van der Waals surface area contributed by atoms with Gasteiger partial charge in [0.05, 0.1) is 17.6 Å². The maximum Gasteiger partial charge on any atom is 0.0926 e. The summed E-state index contributed by atoms with van der Waals surface area (Å²) in [6.45, 7) is 5.72. The molecule has 0 radical (unpaired) electrons. The van der Waals surface area contributed by atoms with Crippen LogP contribution in [-0.4, -0.2) is 16.5 Å². The van der Waals surface area contributed by atoms with Gasteiger partial charge < -0.3 is 10.3 Å². The molecular weight excluding hydrogens is 186 g/mol. The number of H-pyrrole nitrogens is 1. The predicted molar refractivity (Wildman–Crippen MR) is 59.5 cm³/mol. The number of rotatable bonds is 2. The SMILES string of the molecule is CCC1(C2CC2C)NCCc2[nH]cnc21. The van der Waals surface area contributed by atoms with Gasteiger partial charge >= 0.3 is 0 Å². The molecule has 2 N–H and O–H groups in total. The van der Waals surface area contributed by atoms with Crippen LogP contribution in [0.2, 0.25) is 0 Å². The average molecular weight is 205 g/mol. The van der Waals surface area contributed by atoms with Gasteiger partial charge in [-0.1, -0.05) is 13.8 Å². The molecule has 82 valence electrons. The lowest BCUT2D eigenvalue weighted by Gasteiger charge is -2.37. The number of nitrogens with one attached hydrogen (secondary N) is 2. The van der Waals surface area contributed by atoms with E-state index in [0.717, 1.165) is 31.2 Å². The molecule has 1 fully saturated rings. The number of aromatic amines is 1. The molecule has 1 aliphatic heterocycles. The molecule has 3 unspecified atom stereocenters. The highest BCUT2D eigenvalue weighted by Crippen LogP contribution is 2.53. The normalized spacial score (nSPS) is 38.8. The Morgan fingerprint density at radius 1 is 1.60 bits per heavy atom. The second-order valence-electron chi connectivity index (χ2n) is 5.05. The Balaban J connectivity index is 2.04. The van der Waals surface area contributed by atoms with Crippen molar-refractivity contribution in [2.45, 2.75) is 38.6 Å². The highest BCUT2D eigenvalue weighted by Gasteiger charge is 2.53. The molecule has 0 spiro atoms. The van der Waals surface area contributed by atoms with Crippen LogP contribution in [0.1, 0.15) is 38.1 Å². The lowest BCUT2D eigenvalue weighted by atomic mass is 9.81. The highest BCUT2D eigenvalue weighted by molar-refractivity contribution is 5.28. The van der Waals surface area contributed by atoms with Gasteiger partial charge in [-0.25, -0.2) is 4.98 Å². The third kappa shape index (κ3) is 1.19. The Morgan fingerprint density at radius 2 is 2.40 bits per heavy atom.